The molecule has 1 fully saturated rings. The lowest BCUT2D eigenvalue weighted by molar-refractivity contribution is -0.140. The fourth-order valence-corrected chi connectivity index (χ4v) is 5.12. The van der Waals surface area contributed by atoms with Gasteiger partial charge in [0.05, 0.1) is 19.4 Å². The Morgan fingerprint density at radius 2 is 1.84 bits per heavy atom. The average Bonchev–Trinajstić information content (AvgIpc) is 3.43. The highest BCUT2D eigenvalue weighted by molar-refractivity contribution is 6.02. The molecule has 226 valence electrons. The minimum atomic E-state index is -4.67. The fraction of sp³-hybridized carbons (Fsp3) is 0.310. The van der Waals surface area contributed by atoms with Crippen LogP contribution in [0.1, 0.15) is 40.3 Å². The summed E-state index contributed by atoms with van der Waals surface area (Å²) in [5, 5.41) is 4.26. The number of fused-ring (bicyclic) bond motifs is 1. The number of amides is 1. The summed E-state index contributed by atoms with van der Waals surface area (Å²) < 4.78 is 79.0. The van der Waals surface area contributed by atoms with E-state index < -0.39 is 29.4 Å². The second kappa shape index (κ2) is 12.0. The van der Waals surface area contributed by atoms with Gasteiger partial charge in [-0.25, -0.2) is 18.7 Å². The standard InChI is InChI=1S/C29H26F5N5O4/c1-41-21-7-5-18(17-6-8-23(29(32,33)34)36-25(17)21)27-37-26(22(14-35)43-27)28(40)39-11-9-15(10-12-39)24(38-42-2)19-4-3-16(30)13-20(19)31/h3-8,13,15H,9-12,14,35H2,1-2H3/b38-24+. The van der Waals surface area contributed by atoms with Gasteiger partial charge in [0.1, 0.15) is 35.7 Å². The van der Waals surface area contributed by atoms with Crippen molar-refractivity contribution in [2.45, 2.75) is 25.6 Å². The molecule has 3 heterocycles. The molecule has 0 bridgehead atoms. The van der Waals surface area contributed by atoms with Crippen molar-refractivity contribution in [3.63, 3.8) is 0 Å². The number of ether oxygens (including phenoxy) is 1. The number of alkyl halides is 3. The molecule has 5 rings (SSSR count). The van der Waals surface area contributed by atoms with Crippen LogP contribution < -0.4 is 10.5 Å². The van der Waals surface area contributed by atoms with Gasteiger partial charge >= 0.3 is 6.18 Å². The molecule has 2 aromatic heterocycles. The van der Waals surface area contributed by atoms with Crippen molar-refractivity contribution in [3.05, 3.63) is 76.8 Å². The number of rotatable bonds is 7. The van der Waals surface area contributed by atoms with E-state index in [0.29, 0.717) is 24.1 Å². The third-order valence-electron chi connectivity index (χ3n) is 7.21. The molecule has 1 aliphatic heterocycles. The van der Waals surface area contributed by atoms with Crippen LogP contribution in [0.4, 0.5) is 22.0 Å². The highest BCUT2D eigenvalue weighted by Crippen LogP contribution is 2.37. The van der Waals surface area contributed by atoms with Crippen molar-refractivity contribution in [1.29, 1.82) is 0 Å². The highest BCUT2D eigenvalue weighted by atomic mass is 19.4. The van der Waals surface area contributed by atoms with Gasteiger partial charge in [-0.2, -0.15) is 13.2 Å². The Kier molecular flexibility index (Phi) is 8.31. The van der Waals surface area contributed by atoms with Crippen LogP contribution >= 0.6 is 0 Å². The first-order valence-corrected chi connectivity index (χ1v) is 13.2. The Morgan fingerprint density at radius 1 is 1.09 bits per heavy atom. The second-order valence-corrected chi connectivity index (χ2v) is 9.75. The van der Waals surface area contributed by atoms with Gasteiger partial charge in [0, 0.05) is 41.6 Å². The number of piperidine rings is 1. The van der Waals surface area contributed by atoms with Gasteiger partial charge in [-0.3, -0.25) is 4.79 Å². The number of pyridine rings is 1. The van der Waals surface area contributed by atoms with Gasteiger partial charge in [-0.1, -0.05) is 5.16 Å². The van der Waals surface area contributed by atoms with Crippen LogP contribution in [0.15, 0.2) is 52.0 Å². The number of oxime groups is 1. The summed E-state index contributed by atoms with van der Waals surface area (Å²) in [6, 6.07) is 8.27. The zero-order valence-corrected chi connectivity index (χ0v) is 23.0. The van der Waals surface area contributed by atoms with Crippen molar-refractivity contribution in [2.24, 2.45) is 16.8 Å². The van der Waals surface area contributed by atoms with Gasteiger partial charge in [-0.05, 0) is 49.2 Å². The van der Waals surface area contributed by atoms with Crippen LogP contribution in [0.25, 0.3) is 22.4 Å². The number of benzene rings is 2. The van der Waals surface area contributed by atoms with E-state index >= 15 is 0 Å². The topological polar surface area (TPSA) is 116 Å². The van der Waals surface area contributed by atoms with Crippen molar-refractivity contribution in [2.75, 3.05) is 27.3 Å². The molecule has 9 nitrogen and oxygen atoms in total. The first-order valence-electron chi connectivity index (χ1n) is 13.2. The number of nitrogens with zero attached hydrogens (tertiary/aromatic N) is 4. The predicted molar refractivity (Wildman–Crippen MR) is 145 cm³/mol. The van der Waals surface area contributed by atoms with Crippen molar-refractivity contribution in [3.8, 4) is 17.2 Å². The van der Waals surface area contributed by atoms with E-state index in [4.69, 9.17) is 19.7 Å². The first kappa shape index (κ1) is 29.9. The van der Waals surface area contributed by atoms with E-state index in [-0.39, 0.29) is 65.1 Å². The Hall–Kier alpha value is -4.59. The maximum atomic E-state index is 14.5. The number of hydrogen-bond donors (Lipinski definition) is 1. The number of likely N-dealkylation sites (tertiary alicyclic amines) is 1. The molecule has 43 heavy (non-hydrogen) atoms. The summed E-state index contributed by atoms with van der Waals surface area (Å²) in [6.07, 6.45) is -3.85. The van der Waals surface area contributed by atoms with E-state index in [0.717, 1.165) is 18.2 Å². The fourth-order valence-electron chi connectivity index (χ4n) is 5.12. The van der Waals surface area contributed by atoms with Crippen LogP contribution in [0, 0.1) is 17.6 Å². The van der Waals surface area contributed by atoms with Crippen LogP contribution in [-0.4, -0.2) is 53.8 Å². The first-order chi connectivity index (χ1) is 20.5. The minimum absolute atomic E-state index is 0.0193. The molecule has 0 unspecified atom stereocenters. The molecule has 14 heteroatoms. The van der Waals surface area contributed by atoms with E-state index in [1.165, 1.54) is 32.4 Å². The van der Waals surface area contributed by atoms with Gasteiger partial charge in [0.25, 0.3) is 5.91 Å². The summed E-state index contributed by atoms with van der Waals surface area (Å²) >= 11 is 0. The molecule has 1 aliphatic rings. The summed E-state index contributed by atoms with van der Waals surface area (Å²) in [5.74, 6) is -2.02. The molecular formula is C29H26F5N5O4. The van der Waals surface area contributed by atoms with Crippen molar-refractivity contribution >= 4 is 22.5 Å². The third-order valence-corrected chi connectivity index (χ3v) is 7.21. The molecule has 0 saturated carbocycles. The smallest absolute Gasteiger partial charge is 0.433 e. The third kappa shape index (κ3) is 5.87. The maximum Gasteiger partial charge on any atom is 0.433 e. The summed E-state index contributed by atoms with van der Waals surface area (Å²) in [5.41, 5.74) is 5.41. The predicted octanol–water partition coefficient (Wildman–Crippen LogP) is 5.56. The zero-order valence-electron chi connectivity index (χ0n) is 23.0. The molecule has 4 aromatic rings. The second-order valence-electron chi connectivity index (χ2n) is 9.75. The Labute approximate surface area is 242 Å². The Bertz CT molecular complexity index is 1700. The van der Waals surface area contributed by atoms with Crippen LogP contribution in [0.2, 0.25) is 0 Å². The lowest BCUT2D eigenvalue weighted by Crippen LogP contribution is -2.41. The normalized spacial score (nSPS) is 14.8. The van der Waals surface area contributed by atoms with Gasteiger partial charge in [-0.15, -0.1) is 0 Å². The molecule has 0 spiro atoms. The van der Waals surface area contributed by atoms with Gasteiger partial charge < -0.3 is 24.6 Å². The highest BCUT2D eigenvalue weighted by Gasteiger charge is 2.34. The summed E-state index contributed by atoms with van der Waals surface area (Å²) in [6.45, 7) is 0.358. The van der Waals surface area contributed by atoms with Gasteiger partial charge in [0.15, 0.2) is 11.5 Å². The number of carbonyl (C=O) groups excluding carboxylic acids is 1. The minimum Gasteiger partial charge on any atom is -0.494 e. The SMILES string of the molecule is CO/N=C(/c1ccc(F)cc1F)C1CCN(C(=O)c2nc(-c3ccc(OC)c4nc(C(F)(F)F)ccc34)oc2CN)CC1. The van der Waals surface area contributed by atoms with Crippen molar-refractivity contribution < 1.29 is 40.7 Å². The van der Waals surface area contributed by atoms with E-state index in [1.54, 1.807) is 11.0 Å². The zero-order chi connectivity index (χ0) is 30.9. The maximum absolute atomic E-state index is 14.5. The lowest BCUT2D eigenvalue weighted by atomic mass is 9.87. The number of carbonyl (C=O) groups is 1. The summed E-state index contributed by atoms with van der Waals surface area (Å²) in [4.78, 5) is 28.2. The molecule has 2 aromatic carbocycles. The molecule has 1 amide bonds. The molecule has 0 radical (unpaired) electrons. The van der Waals surface area contributed by atoms with E-state index in [9.17, 15) is 26.7 Å². The average molecular weight is 604 g/mol. The molecule has 1 saturated heterocycles. The number of aromatic nitrogens is 2. The number of methoxy groups -OCH3 is 1. The Balaban J connectivity index is 1.41. The van der Waals surface area contributed by atoms with Crippen LogP contribution in [0.3, 0.4) is 0 Å². The molecular weight excluding hydrogens is 577 g/mol. The number of nitrogens with two attached hydrogens (primary N) is 1. The number of halogens is 5. The van der Waals surface area contributed by atoms with Crippen molar-refractivity contribution in [1.82, 2.24) is 14.9 Å². The number of oxazole rings is 1. The monoisotopic (exact) mass is 603 g/mol. The lowest BCUT2D eigenvalue weighted by Gasteiger charge is -2.32. The van der Waals surface area contributed by atoms with E-state index in [2.05, 4.69) is 15.1 Å². The molecule has 0 atom stereocenters. The molecule has 2 N–H and O–H groups in total. The number of hydrogen-bond acceptors (Lipinski definition) is 8. The summed E-state index contributed by atoms with van der Waals surface area (Å²) in [7, 11) is 2.64. The largest absolute Gasteiger partial charge is 0.494 e. The van der Waals surface area contributed by atoms with Gasteiger partial charge in [0.2, 0.25) is 5.89 Å². The molecule has 0 aliphatic carbocycles. The van der Waals surface area contributed by atoms with Crippen LogP contribution in [-0.2, 0) is 17.6 Å². The van der Waals surface area contributed by atoms with E-state index in [1.807, 2.05) is 0 Å². The quantitative estimate of drug-likeness (QED) is 0.167. The van der Waals surface area contributed by atoms with Crippen LogP contribution in [0.5, 0.6) is 5.75 Å². The Morgan fingerprint density at radius 3 is 2.47 bits per heavy atom.